The lowest BCUT2D eigenvalue weighted by atomic mass is 9.67. The summed E-state index contributed by atoms with van der Waals surface area (Å²) in [5.74, 6) is -0.801. The van der Waals surface area contributed by atoms with Gasteiger partial charge in [0.1, 0.15) is 5.54 Å². The van der Waals surface area contributed by atoms with Crippen molar-refractivity contribution in [1.29, 1.82) is 0 Å². The highest BCUT2D eigenvalue weighted by Gasteiger charge is 2.63. The van der Waals surface area contributed by atoms with Crippen molar-refractivity contribution in [2.24, 2.45) is 5.92 Å². The second-order valence-corrected chi connectivity index (χ2v) is 4.37. The topological polar surface area (TPSA) is 66.9 Å². The van der Waals surface area contributed by atoms with Gasteiger partial charge in [-0.1, -0.05) is 0 Å². The fourth-order valence-corrected chi connectivity index (χ4v) is 2.49. The van der Waals surface area contributed by atoms with Crippen LogP contribution in [0.25, 0.3) is 0 Å². The fourth-order valence-electron chi connectivity index (χ4n) is 2.49. The number of esters is 1. The van der Waals surface area contributed by atoms with E-state index in [0.717, 1.165) is 4.90 Å². The van der Waals surface area contributed by atoms with Crippen molar-refractivity contribution in [2.45, 2.75) is 18.4 Å². The lowest BCUT2D eigenvalue weighted by Gasteiger charge is -2.44. The van der Waals surface area contributed by atoms with Gasteiger partial charge in [-0.15, -0.1) is 0 Å². The average molecular weight is 226 g/mol. The van der Waals surface area contributed by atoms with Gasteiger partial charge >= 0.3 is 12.0 Å². The van der Waals surface area contributed by atoms with E-state index in [1.54, 1.807) is 7.05 Å². The summed E-state index contributed by atoms with van der Waals surface area (Å²) in [6, 6.07) is -0.312. The Kier molecular flexibility index (Phi) is 2.18. The molecule has 0 bridgehead atoms. The average Bonchev–Trinajstić information content (AvgIpc) is 2.38. The Bertz CT molecular complexity index is 373. The molecule has 6 heteroatoms. The third-order valence-electron chi connectivity index (χ3n) is 3.62. The Morgan fingerprint density at radius 1 is 1.38 bits per heavy atom. The highest BCUT2D eigenvalue weighted by atomic mass is 16.5. The standard InChI is InChI=1S/C10H14N2O4/c1-11-8(14)10(12(2)9(11)15)4-6(5-10)7(13)16-3/h6H,4-5H2,1-3H3. The molecule has 1 aliphatic heterocycles. The summed E-state index contributed by atoms with van der Waals surface area (Å²) in [4.78, 5) is 37.3. The van der Waals surface area contributed by atoms with Crippen LogP contribution in [-0.4, -0.2) is 54.5 Å². The Hall–Kier alpha value is -1.59. The zero-order valence-electron chi connectivity index (χ0n) is 9.52. The number of nitrogens with zero attached hydrogens (tertiary/aromatic N) is 2. The van der Waals surface area contributed by atoms with Crippen LogP contribution in [0.2, 0.25) is 0 Å². The van der Waals surface area contributed by atoms with Crippen molar-refractivity contribution in [3.8, 4) is 0 Å². The zero-order valence-corrected chi connectivity index (χ0v) is 9.52. The molecule has 16 heavy (non-hydrogen) atoms. The molecule has 3 amide bonds. The van der Waals surface area contributed by atoms with Gasteiger partial charge in [-0.05, 0) is 12.8 Å². The van der Waals surface area contributed by atoms with Gasteiger partial charge in [-0.25, -0.2) is 4.79 Å². The third-order valence-corrected chi connectivity index (χ3v) is 3.62. The molecule has 2 fully saturated rings. The predicted octanol–water partition coefficient (Wildman–Crippen LogP) is -0.168. The maximum absolute atomic E-state index is 11.9. The van der Waals surface area contributed by atoms with Gasteiger partial charge in [-0.2, -0.15) is 0 Å². The van der Waals surface area contributed by atoms with E-state index >= 15 is 0 Å². The molecule has 0 atom stereocenters. The molecule has 1 heterocycles. The highest BCUT2D eigenvalue weighted by Crippen LogP contribution is 2.46. The molecule has 0 aromatic heterocycles. The van der Waals surface area contributed by atoms with Gasteiger partial charge in [0.25, 0.3) is 5.91 Å². The van der Waals surface area contributed by atoms with E-state index in [0.29, 0.717) is 12.8 Å². The monoisotopic (exact) mass is 226 g/mol. The first kappa shape index (κ1) is 10.9. The predicted molar refractivity (Wildman–Crippen MR) is 53.4 cm³/mol. The number of carbonyl (C=O) groups is 3. The first-order valence-electron chi connectivity index (χ1n) is 5.08. The maximum Gasteiger partial charge on any atom is 0.327 e. The molecule has 6 nitrogen and oxygen atoms in total. The molecule has 0 unspecified atom stereocenters. The van der Waals surface area contributed by atoms with Crippen LogP contribution >= 0.6 is 0 Å². The minimum absolute atomic E-state index is 0.222. The van der Waals surface area contributed by atoms with Gasteiger partial charge in [0.05, 0.1) is 13.0 Å². The van der Waals surface area contributed by atoms with Crippen LogP contribution in [0.15, 0.2) is 0 Å². The molecule has 1 saturated carbocycles. The van der Waals surface area contributed by atoms with Gasteiger partial charge in [-0.3, -0.25) is 14.5 Å². The number of urea groups is 1. The molecule has 0 aromatic carbocycles. The number of imide groups is 1. The number of hydrogen-bond donors (Lipinski definition) is 0. The Labute approximate surface area is 93.1 Å². The number of methoxy groups -OCH3 is 1. The number of rotatable bonds is 1. The van der Waals surface area contributed by atoms with Gasteiger partial charge in [0, 0.05) is 14.1 Å². The molecule has 0 aromatic rings. The minimum atomic E-state index is -0.801. The van der Waals surface area contributed by atoms with Gasteiger partial charge < -0.3 is 9.64 Å². The molecule has 2 rings (SSSR count). The summed E-state index contributed by atoms with van der Waals surface area (Å²) in [6.07, 6.45) is 0.732. The summed E-state index contributed by atoms with van der Waals surface area (Å²) < 4.78 is 4.61. The van der Waals surface area contributed by atoms with Crippen LogP contribution in [0.1, 0.15) is 12.8 Å². The summed E-state index contributed by atoms with van der Waals surface area (Å²) in [5.41, 5.74) is -0.801. The van der Waals surface area contributed by atoms with Crippen LogP contribution in [0.3, 0.4) is 0 Å². The van der Waals surface area contributed by atoms with Crippen LogP contribution in [0.5, 0.6) is 0 Å². The van der Waals surface area contributed by atoms with E-state index in [4.69, 9.17) is 0 Å². The van der Waals surface area contributed by atoms with Crippen molar-refractivity contribution in [3.63, 3.8) is 0 Å². The number of hydrogen-bond acceptors (Lipinski definition) is 4. The number of amides is 3. The van der Waals surface area contributed by atoms with E-state index in [9.17, 15) is 14.4 Å². The zero-order chi connectivity index (χ0) is 12.1. The largest absolute Gasteiger partial charge is 0.469 e. The van der Waals surface area contributed by atoms with Crippen LogP contribution in [0, 0.1) is 5.92 Å². The number of ether oxygens (including phenoxy) is 1. The van der Waals surface area contributed by atoms with Crippen molar-refractivity contribution in [2.75, 3.05) is 21.2 Å². The molecule has 0 radical (unpaired) electrons. The number of carbonyl (C=O) groups excluding carboxylic acids is 3. The van der Waals surface area contributed by atoms with E-state index in [2.05, 4.69) is 4.74 Å². The lowest BCUT2D eigenvalue weighted by molar-refractivity contribution is -0.157. The summed E-state index contributed by atoms with van der Waals surface area (Å²) in [5, 5.41) is 0. The summed E-state index contributed by atoms with van der Waals surface area (Å²) in [7, 11) is 4.38. The third kappa shape index (κ3) is 1.10. The SMILES string of the molecule is COC(=O)C1CC2(C1)C(=O)N(C)C(=O)N2C. The van der Waals surface area contributed by atoms with Crippen molar-refractivity contribution in [3.05, 3.63) is 0 Å². The molecular weight excluding hydrogens is 212 g/mol. The van der Waals surface area contributed by atoms with Crippen molar-refractivity contribution >= 4 is 17.9 Å². The van der Waals surface area contributed by atoms with Crippen LogP contribution < -0.4 is 0 Å². The van der Waals surface area contributed by atoms with Crippen molar-refractivity contribution in [1.82, 2.24) is 9.80 Å². The molecule has 1 aliphatic carbocycles. The molecule has 1 spiro atoms. The first-order valence-corrected chi connectivity index (χ1v) is 5.08. The van der Waals surface area contributed by atoms with Crippen LogP contribution in [0.4, 0.5) is 4.79 Å². The Morgan fingerprint density at radius 3 is 2.31 bits per heavy atom. The van der Waals surface area contributed by atoms with Crippen molar-refractivity contribution < 1.29 is 19.1 Å². The molecule has 0 N–H and O–H groups in total. The normalized spacial score (nSPS) is 33.3. The van der Waals surface area contributed by atoms with E-state index < -0.39 is 5.54 Å². The maximum atomic E-state index is 11.9. The van der Waals surface area contributed by atoms with E-state index in [1.165, 1.54) is 19.1 Å². The molecule has 88 valence electrons. The van der Waals surface area contributed by atoms with E-state index in [-0.39, 0.29) is 23.8 Å². The highest BCUT2D eigenvalue weighted by molar-refractivity contribution is 6.08. The molecular formula is C10H14N2O4. The lowest BCUT2D eigenvalue weighted by Crippen LogP contribution is -2.59. The summed E-state index contributed by atoms with van der Waals surface area (Å²) in [6.45, 7) is 0. The van der Waals surface area contributed by atoms with Gasteiger partial charge in [0.15, 0.2) is 0 Å². The van der Waals surface area contributed by atoms with Gasteiger partial charge in [0.2, 0.25) is 0 Å². The Morgan fingerprint density at radius 2 is 1.94 bits per heavy atom. The Balaban J connectivity index is 2.16. The molecule has 1 saturated heterocycles. The quantitative estimate of drug-likeness (QED) is 0.460. The molecule has 2 aliphatic rings. The second kappa shape index (κ2) is 3.20. The second-order valence-electron chi connectivity index (χ2n) is 4.37. The van der Waals surface area contributed by atoms with E-state index in [1.807, 2.05) is 0 Å². The number of likely N-dealkylation sites (N-methyl/N-ethyl adjacent to an activating group) is 2. The minimum Gasteiger partial charge on any atom is -0.469 e. The van der Waals surface area contributed by atoms with Crippen LogP contribution in [-0.2, 0) is 14.3 Å². The smallest absolute Gasteiger partial charge is 0.327 e. The summed E-state index contributed by atoms with van der Waals surface area (Å²) >= 11 is 0. The first-order chi connectivity index (χ1) is 7.44. The fraction of sp³-hybridized carbons (Fsp3) is 0.700.